The van der Waals surface area contributed by atoms with E-state index in [-0.39, 0.29) is 43.6 Å². The Hall–Kier alpha value is -3.42. The number of carbonyl (C=O) groups excluding carboxylic acids is 4. The minimum Gasteiger partial charge on any atom is -0.480 e. The molecule has 0 bridgehead atoms. The Balaban J connectivity index is 5.54. The summed E-state index contributed by atoms with van der Waals surface area (Å²) in [7, 11) is 0. The summed E-state index contributed by atoms with van der Waals surface area (Å²) in [5.74, 6) is -4.50. The Labute approximate surface area is 217 Å². The minimum atomic E-state index is -1.23. The van der Waals surface area contributed by atoms with E-state index in [0.29, 0.717) is 19.3 Å². The van der Waals surface area contributed by atoms with Gasteiger partial charge in [0.05, 0.1) is 6.04 Å². The van der Waals surface area contributed by atoms with E-state index in [0.717, 1.165) is 0 Å². The van der Waals surface area contributed by atoms with Crippen molar-refractivity contribution in [1.29, 1.82) is 0 Å². The standard InChI is InChI=1S/C23H44N8O6/c1-5-12(3)17(20(34)29-15(22(36)37)8-7-11-28-23(26)27)31-21(35)18(13(4)6-2)30-19(33)14(24)9-10-16(25)32/h12-15,17-18H,5-11,24H2,1-4H3,(H2,25,32)(H,29,34)(H,30,33)(H,31,35)(H,36,37)(H4,26,27,28). The van der Waals surface area contributed by atoms with Gasteiger partial charge in [-0.05, 0) is 31.1 Å². The van der Waals surface area contributed by atoms with E-state index in [1.165, 1.54) is 0 Å². The molecular weight excluding hydrogens is 484 g/mol. The zero-order chi connectivity index (χ0) is 28.7. The van der Waals surface area contributed by atoms with E-state index in [2.05, 4.69) is 20.9 Å². The highest BCUT2D eigenvalue weighted by molar-refractivity contribution is 5.94. The van der Waals surface area contributed by atoms with E-state index in [1.54, 1.807) is 13.8 Å². The first-order valence-electron chi connectivity index (χ1n) is 12.5. The van der Waals surface area contributed by atoms with Crippen LogP contribution in [0.5, 0.6) is 0 Å². The Kier molecular flexibility index (Phi) is 15.5. The molecule has 14 heteroatoms. The molecule has 0 fully saturated rings. The summed E-state index contributed by atoms with van der Waals surface area (Å²) in [5.41, 5.74) is 21.5. The van der Waals surface area contributed by atoms with Crippen LogP contribution in [0, 0.1) is 11.8 Å². The van der Waals surface area contributed by atoms with Crippen LogP contribution >= 0.6 is 0 Å². The van der Waals surface area contributed by atoms with Gasteiger partial charge in [-0.25, -0.2) is 4.79 Å². The summed E-state index contributed by atoms with van der Waals surface area (Å²) in [6, 6.07) is -4.32. The van der Waals surface area contributed by atoms with E-state index >= 15 is 0 Å². The number of nitrogens with zero attached hydrogens (tertiary/aromatic N) is 1. The van der Waals surface area contributed by atoms with Gasteiger partial charge < -0.3 is 44.0 Å². The van der Waals surface area contributed by atoms with Gasteiger partial charge in [-0.2, -0.15) is 0 Å². The third-order valence-corrected chi connectivity index (χ3v) is 6.18. The van der Waals surface area contributed by atoms with Crippen LogP contribution in [0.2, 0.25) is 0 Å². The van der Waals surface area contributed by atoms with Gasteiger partial charge in [0, 0.05) is 13.0 Å². The lowest BCUT2D eigenvalue weighted by atomic mass is 9.94. The number of nitrogens with two attached hydrogens (primary N) is 4. The minimum absolute atomic E-state index is 0.0215. The van der Waals surface area contributed by atoms with Crippen LogP contribution in [0.4, 0.5) is 0 Å². The number of hydrogen-bond acceptors (Lipinski definition) is 7. The van der Waals surface area contributed by atoms with Crippen molar-refractivity contribution >= 4 is 35.6 Å². The lowest BCUT2D eigenvalue weighted by Gasteiger charge is -2.30. The third kappa shape index (κ3) is 12.9. The van der Waals surface area contributed by atoms with Gasteiger partial charge in [0.1, 0.15) is 18.1 Å². The molecule has 0 aromatic carbocycles. The molecule has 6 unspecified atom stereocenters. The van der Waals surface area contributed by atoms with E-state index in [4.69, 9.17) is 22.9 Å². The van der Waals surface area contributed by atoms with Crippen LogP contribution < -0.4 is 38.9 Å². The van der Waals surface area contributed by atoms with Crippen LogP contribution in [-0.4, -0.2) is 71.4 Å². The molecule has 0 spiro atoms. The highest BCUT2D eigenvalue weighted by atomic mass is 16.4. The number of aliphatic imine (C=N–C) groups is 1. The van der Waals surface area contributed by atoms with Gasteiger partial charge in [0.2, 0.25) is 23.6 Å². The summed E-state index contributed by atoms with van der Waals surface area (Å²) in [6.45, 7) is 7.37. The number of aliphatic carboxylic acids is 1. The monoisotopic (exact) mass is 528 g/mol. The fraction of sp³-hybridized carbons (Fsp3) is 0.739. The molecule has 0 aromatic rings. The SMILES string of the molecule is CCC(C)C(NC(=O)C(N)CCC(N)=O)C(=O)NC(C(=O)NC(CCCN=C(N)N)C(=O)O)C(C)CC. The van der Waals surface area contributed by atoms with Crippen molar-refractivity contribution in [3.63, 3.8) is 0 Å². The molecule has 0 aliphatic carbocycles. The molecule has 0 aliphatic rings. The molecule has 4 amide bonds. The fourth-order valence-electron chi connectivity index (χ4n) is 3.36. The molecule has 212 valence electrons. The summed E-state index contributed by atoms with van der Waals surface area (Å²) in [6.07, 6.45) is 1.38. The second kappa shape index (κ2) is 17.1. The van der Waals surface area contributed by atoms with Crippen LogP contribution in [0.25, 0.3) is 0 Å². The maximum atomic E-state index is 13.2. The number of primary amides is 1. The topological polar surface area (TPSA) is 258 Å². The lowest BCUT2D eigenvalue weighted by Crippen LogP contribution is -2.60. The number of hydrogen-bond donors (Lipinski definition) is 8. The second-order valence-corrected chi connectivity index (χ2v) is 9.20. The molecule has 37 heavy (non-hydrogen) atoms. The first kappa shape index (κ1) is 33.6. The molecule has 0 aliphatic heterocycles. The molecule has 0 radical (unpaired) electrons. The van der Waals surface area contributed by atoms with Gasteiger partial charge >= 0.3 is 5.97 Å². The number of amides is 4. The maximum Gasteiger partial charge on any atom is 0.326 e. The summed E-state index contributed by atoms with van der Waals surface area (Å²) in [4.78, 5) is 65.3. The van der Waals surface area contributed by atoms with Crippen LogP contribution in [-0.2, 0) is 24.0 Å². The molecule has 6 atom stereocenters. The number of carbonyl (C=O) groups is 5. The molecule has 0 heterocycles. The zero-order valence-corrected chi connectivity index (χ0v) is 22.2. The first-order chi connectivity index (χ1) is 17.2. The Morgan fingerprint density at radius 1 is 0.811 bits per heavy atom. The summed E-state index contributed by atoms with van der Waals surface area (Å²) < 4.78 is 0. The molecule has 14 nitrogen and oxygen atoms in total. The third-order valence-electron chi connectivity index (χ3n) is 6.18. The van der Waals surface area contributed by atoms with E-state index in [1.807, 2.05) is 13.8 Å². The summed E-state index contributed by atoms with van der Waals surface area (Å²) >= 11 is 0. The van der Waals surface area contributed by atoms with Crippen molar-refractivity contribution in [2.45, 2.75) is 90.4 Å². The van der Waals surface area contributed by atoms with E-state index in [9.17, 15) is 29.1 Å². The zero-order valence-electron chi connectivity index (χ0n) is 22.2. The molecule has 0 saturated heterocycles. The van der Waals surface area contributed by atoms with Crippen molar-refractivity contribution in [2.75, 3.05) is 6.54 Å². The second-order valence-electron chi connectivity index (χ2n) is 9.20. The molecule has 0 rings (SSSR count). The fourth-order valence-corrected chi connectivity index (χ4v) is 3.36. The molecule has 0 saturated carbocycles. The van der Waals surface area contributed by atoms with Crippen molar-refractivity contribution < 1.29 is 29.1 Å². The number of nitrogens with one attached hydrogen (secondary N) is 3. The van der Waals surface area contributed by atoms with Crippen molar-refractivity contribution in [3.05, 3.63) is 0 Å². The van der Waals surface area contributed by atoms with Crippen LogP contribution in [0.3, 0.4) is 0 Å². The van der Waals surface area contributed by atoms with Gasteiger partial charge in [0.25, 0.3) is 0 Å². The predicted molar refractivity (Wildman–Crippen MR) is 139 cm³/mol. The lowest BCUT2D eigenvalue weighted by molar-refractivity contribution is -0.143. The average molecular weight is 529 g/mol. The highest BCUT2D eigenvalue weighted by Gasteiger charge is 2.34. The number of carboxylic acids is 1. The smallest absolute Gasteiger partial charge is 0.326 e. The highest BCUT2D eigenvalue weighted by Crippen LogP contribution is 2.13. The maximum absolute atomic E-state index is 13.2. The summed E-state index contributed by atoms with van der Waals surface area (Å²) in [5, 5.41) is 17.3. The van der Waals surface area contributed by atoms with Gasteiger partial charge in [-0.3, -0.25) is 24.2 Å². The number of guanidine groups is 1. The number of carboxylic acid groups (broad SMARTS) is 1. The Morgan fingerprint density at radius 3 is 1.73 bits per heavy atom. The largest absolute Gasteiger partial charge is 0.480 e. The van der Waals surface area contributed by atoms with Gasteiger partial charge in [0.15, 0.2) is 5.96 Å². The van der Waals surface area contributed by atoms with Crippen molar-refractivity contribution in [2.24, 2.45) is 39.8 Å². The van der Waals surface area contributed by atoms with Gasteiger partial charge in [-0.15, -0.1) is 0 Å². The van der Waals surface area contributed by atoms with Crippen LogP contribution in [0.15, 0.2) is 4.99 Å². The van der Waals surface area contributed by atoms with E-state index < -0.39 is 53.8 Å². The first-order valence-corrected chi connectivity index (χ1v) is 12.5. The quantitative estimate of drug-likeness (QED) is 0.0569. The normalized spacial score (nSPS) is 15.7. The van der Waals surface area contributed by atoms with Gasteiger partial charge in [-0.1, -0.05) is 40.5 Å². The Morgan fingerprint density at radius 2 is 1.30 bits per heavy atom. The van der Waals surface area contributed by atoms with Crippen molar-refractivity contribution in [1.82, 2.24) is 16.0 Å². The van der Waals surface area contributed by atoms with Crippen molar-refractivity contribution in [3.8, 4) is 0 Å². The molecule has 12 N–H and O–H groups in total. The molecule has 0 aromatic heterocycles. The van der Waals surface area contributed by atoms with Crippen LogP contribution in [0.1, 0.15) is 66.2 Å². The molecular formula is C23H44N8O6. The Bertz CT molecular complexity index is 817. The number of rotatable bonds is 18. The average Bonchev–Trinajstić information content (AvgIpc) is 2.84. The predicted octanol–water partition coefficient (Wildman–Crippen LogP) is -1.74.